The van der Waals surface area contributed by atoms with Crippen molar-refractivity contribution >= 4 is 29.4 Å². The Morgan fingerprint density at radius 3 is 2.66 bits per heavy atom. The third-order valence-corrected chi connectivity index (χ3v) is 5.66. The van der Waals surface area contributed by atoms with Crippen LogP contribution in [0.5, 0.6) is 0 Å². The molecular weight excluding hydrogens is 392 g/mol. The lowest BCUT2D eigenvalue weighted by Gasteiger charge is -2.31. The summed E-state index contributed by atoms with van der Waals surface area (Å²) in [4.78, 5) is 43.1. The Morgan fingerprint density at radius 2 is 2.03 bits per heavy atom. The number of rotatable bonds is 5. The number of urea groups is 1. The fourth-order valence-corrected chi connectivity index (χ4v) is 4.02. The van der Waals surface area contributed by atoms with Crippen LogP contribution in [0.15, 0.2) is 47.7 Å². The highest BCUT2D eigenvalue weighted by Gasteiger charge is 2.45. The minimum Gasteiger partial charge on any atom is -0.340 e. The lowest BCUT2D eigenvalue weighted by Crippen LogP contribution is -2.47. The van der Waals surface area contributed by atoms with Crippen LogP contribution in [0.1, 0.15) is 25.5 Å². The van der Waals surface area contributed by atoms with Gasteiger partial charge in [0.05, 0.1) is 23.9 Å². The molecule has 1 aromatic carbocycles. The van der Waals surface area contributed by atoms with E-state index in [0.29, 0.717) is 28.4 Å². The van der Waals surface area contributed by atoms with Crippen molar-refractivity contribution < 1.29 is 14.4 Å². The summed E-state index contributed by atoms with van der Waals surface area (Å²) in [5.41, 5.74) is 2.54. The number of hydrogen-bond acceptors (Lipinski definition) is 3. The summed E-state index contributed by atoms with van der Waals surface area (Å²) in [5, 5.41) is 3.32. The maximum absolute atomic E-state index is 13.3. The van der Waals surface area contributed by atoms with E-state index in [1.54, 1.807) is 44.1 Å². The summed E-state index contributed by atoms with van der Waals surface area (Å²) in [6, 6.07) is 5.46. The molecule has 0 spiro atoms. The van der Waals surface area contributed by atoms with Gasteiger partial charge in [0.15, 0.2) is 0 Å². The van der Waals surface area contributed by atoms with Crippen molar-refractivity contribution in [2.75, 3.05) is 27.2 Å². The number of nitrogens with zero attached hydrogens (tertiary/aromatic N) is 3. The van der Waals surface area contributed by atoms with Gasteiger partial charge in [-0.1, -0.05) is 42.0 Å². The molecule has 0 bridgehead atoms. The molecule has 2 heterocycles. The van der Waals surface area contributed by atoms with E-state index >= 15 is 0 Å². The molecule has 0 fully saturated rings. The molecule has 0 saturated heterocycles. The van der Waals surface area contributed by atoms with Crippen molar-refractivity contribution in [3.63, 3.8) is 0 Å². The maximum Gasteiger partial charge on any atom is 0.322 e. The normalized spacial score (nSPS) is 19.8. The van der Waals surface area contributed by atoms with Crippen molar-refractivity contribution in [1.29, 1.82) is 0 Å². The summed E-state index contributed by atoms with van der Waals surface area (Å²) in [6.45, 7) is 7.98. The average Bonchev–Trinajstić information content (AvgIpc) is 3.01. The molecule has 2 atom stereocenters. The second-order valence-electron chi connectivity index (χ2n) is 7.58. The van der Waals surface area contributed by atoms with Crippen LogP contribution in [0, 0.1) is 0 Å². The molecule has 29 heavy (non-hydrogen) atoms. The first-order valence-corrected chi connectivity index (χ1v) is 9.73. The van der Waals surface area contributed by atoms with E-state index in [2.05, 4.69) is 11.9 Å². The fourth-order valence-electron chi connectivity index (χ4n) is 3.78. The Kier molecular flexibility index (Phi) is 5.71. The zero-order chi connectivity index (χ0) is 21.5. The van der Waals surface area contributed by atoms with Gasteiger partial charge in [-0.05, 0) is 25.5 Å². The van der Waals surface area contributed by atoms with Crippen LogP contribution in [0.4, 0.5) is 4.79 Å². The molecule has 0 saturated carbocycles. The molecule has 0 radical (unpaired) electrons. The summed E-state index contributed by atoms with van der Waals surface area (Å²) in [6.07, 6.45) is 0. The van der Waals surface area contributed by atoms with E-state index in [-0.39, 0.29) is 24.4 Å². The topological polar surface area (TPSA) is 73.0 Å². The first-order valence-electron chi connectivity index (χ1n) is 9.35. The third-order valence-electron chi connectivity index (χ3n) is 5.31. The Balaban J connectivity index is 1.93. The van der Waals surface area contributed by atoms with Crippen LogP contribution in [0.2, 0.25) is 5.02 Å². The molecule has 1 aromatic rings. The SMILES string of the molecule is C=C(C)CN(C)C(=O)[C@H](C)N1CC2=C(C1=O)[C@@H](c1ccccc1Cl)NC(=O)N2C. The Hall–Kier alpha value is -2.80. The van der Waals surface area contributed by atoms with Crippen molar-refractivity contribution in [3.05, 3.63) is 58.3 Å². The van der Waals surface area contributed by atoms with Gasteiger partial charge in [-0.2, -0.15) is 0 Å². The van der Waals surface area contributed by atoms with E-state index < -0.39 is 12.1 Å². The minimum absolute atomic E-state index is 0.183. The van der Waals surface area contributed by atoms with Crippen molar-refractivity contribution in [1.82, 2.24) is 20.0 Å². The number of amides is 4. The van der Waals surface area contributed by atoms with Crippen LogP contribution in [0.3, 0.4) is 0 Å². The van der Waals surface area contributed by atoms with Crippen LogP contribution >= 0.6 is 11.6 Å². The van der Waals surface area contributed by atoms with Gasteiger partial charge in [0.1, 0.15) is 6.04 Å². The Morgan fingerprint density at radius 1 is 1.38 bits per heavy atom. The maximum atomic E-state index is 13.3. The van der Waals surface area contributed by atoms with E-state index in [4.69, 9.17) is 11.6 Å². The molecule has 0 unspecified atom stereocenters. The highest BCUT2D eigenvalue weighted by molar-refractivity contribution is 6.31. The first-order chi connectivity index (χ1) is 13.6. The third kappa shape index (κ3) is 3.74. The van der Waals surface area contributed by atoms with E-state index in [1.165, 1.54) is 9.80 Å². The molecule has 154 valence electrons. The number of hydrogen-bond donors (Lipinski definition) is 1. The van der Waals surface area contributed by atoms with Crippen LogP contribution < -0.4 is 5.32 Å². The number of carbonyl (C=O) groups is 3. The Labute approximate surface area is 175 Å². The predicted molar refractivity (Wildman–Crippen MR) is 111 cm³/mol. The molecule has 1 N–H and O–H groups in total. The van der Waals surface area contributed by atoms with Gasteiger partial charge in [-0.15, -0.1) is 0 Å². The van der Waals surface area contributed by atoms with Gasteiger partial charge in [0, 0.05) is 25.7 Å². The lowest BCUT2D eigenvalue weighted by molar-refractivity contribution is -0.141. The number of likely N-dealkylation sites (N-methyl/N-ethyl adjacent to an activating group) is 2. The van der Waals surface area contributed by atoms with E-state index in [9.17, 15) is 14.4 Å². The summed E-state index contributed by atoms with van der Waals surface area (Å²) in [5.74, 6) is -0.459. The molecule has 8 heteroatoms. The molecule has 0 aromatic heterocycles. The molecule has 7 nitrogen and oxygen atoms in total. The lowest BCUT2D eigenvalue weighted by atomic mass is 9.95. The van der Waals surface area contributed by atoms with Gasteiger partial charge in [-0.25, -0.2) is 4.79 Å². The van der Waals surface area contributed by atoms with Gasteiger partial charge < -0.3 is 15.1 Å². The average molecular weight is 417 g/mol. The smallest absolute Gasteiger partial charge is 0.322 e. The van der Waals surface area contributed by atoms with Crippen LogP contribution in [-0.4, -0.2) is 65.8 Å². The monoisotopic (exact) mass is 416 g/mol. The Bertz CT molecular complexity index is 926. The number of nitrogens with one attached hydrogen (secondary N) is 1. The largest absolute Gasteiger partial charge is 0.340 e. The van der Waals surface area contributed by atoms with Crippen LogP contribution in [-0.2, 0) is 9.59 Å². The van der Waals surface area contributed by atoms with Gasteiger partial charge >= 0.3 is 6.03 Å². The highest BCUT2D eigenvalue weighted by Crippen LogP contribution is 2.38. The zero-order valence-electron chi connectivity index (χ0n) is 17.0. The molecule has 2 aliphatic rings. The van der Waals surface area contributed by atoms with E-state index in [0.717, 1.165) is 5.57 Å². The minimum atomic E-state index is -0.673. The number of carbonyl (C=O) groups excluding carboxylic acids is 3. The molecular formula is C21H25ClN4O3. The molecule has 2 aliphatic heterocycles. The quantitative estimate of drug-likeness (QED) is 0.750. The van der Waals surface area contributed by atoms with Gasteiger partial charge in [-0.3, -0.25) is 14.5 Å². The standard InChI is InChI=1S/C21H25ClN4O3/c1-12(2)10-24(4)19(27)13(3)26-11-16-17(20(26)28)18(23-21(29)25(16)5)14-8-6-7-9-15(14)22/h6-9,13,18H,1,10-11H2,2-5H3,(H,23,29)/t13-,18+/m0/s1. The predicted octanol–water partition coefficient (Wildman–Crippen LogP) is 2.56. The number of benzene rings is 1. The summed E-state index contributed by atoms with van der Waals surface area (Å²) < 4.78 is 0. The summed E-state index contributed by atoms with van der Waals surface area (Å²) in [7, 11) is 3.30. The summed E-state index contributed by atoms with van der Waals surface area (Å²) >= 11 is 6.34. The number of halogens is 1. The molecule has 4 amide bonds. The second-order valence-corrected chi connectivity index (χ2v) is 7.99. The van der Waals surface area contributed by atoms with Crippen molar-refractivity contribution in [3.8, 4) is 0 Å². The van der Waals surface area contributed by atoms with Gasteiger partial charge in [0.25, 0.3) is 5.91 Å². The fraction of sp³-hybridized carbons (Fsp3) is 0.381. The van der Waals surface area contributed by atoms with Crippen molar-refractivity contribution in [2.24, 2.45) is 0 Å². The van der Waals surface area contributed by atoms with E-state index in [1.807, 2.05) is 13.0 Å². The van der Waals surface area contributed by atoms with Crippen molar-refractivity contribution in [2.45, 2.75) is 25.9 Å². The first kappa shape index (κ1) is 20.9. The molecule has 0 aliphatic carbocycles. The van der Waals surface area contributed by atoms with Crippen LogP contribution in [0.25, 0.3) is 0 Å². The highest BCUT2D eigenvalue weighted by atomic mass is 35.5. The molecule has 3 rings (SSSR count). The zero-order valence-corrected chi connectivity index (χ0v) is 17.8. The second kappa shape index (κ2) is 7.91. The van der Waals surface area contributed by atoms with Gasteiger partial charge in [0.2, 0.25) is 5.91 Å².